The van der Waals surface area contributed by atoms with Gasteiger partial charge in [0.05, 0.1) is 7.11 Å². The fourth-order valence-corrected chi connectivity index (χ4v) is 8.11. The lowest BCUT2D eigenvalue weighted by molar-refractivity contribution is -0.118. The van der Waals surface area contributed by atoms with Crippen molar-refractivity contribution in [1.29, 1.82) is 0 Å². The second kappa shape index (κ2) is 7.81. The predicted octanol–water partition coefficient (Wildman–Crippen LogP) is 6.88. The quantitative estimate of drug-likeness (QED) is 0.465. The Morgan fingerprint density at radius 3 is 2.32 bits per heavy atom. The molecule has 6 rings (SSSR count). The molecule has 0 saturated heterocycles. The van der Waals surface area contributed by atoms with Crippen LogP contribution in [-0.2, 0) is 13.2 Å². The SMILES string of the molecule is COc1cc(CNC23CC4CC(C)(CC(C)(C4)C2)C3)c(Br)cc1OCc1ccccc1. The minimum atomic E-state index is 0.290. The standard InChI is InChI=1S/C27H34BrNO2/c1-25-11-20-12-26(2,16-25)18-27(13-20,17-25)29-14-21-9-23(30-3)24(10-22(21)28)31-15-19-7-5-4-6-8-19/h4-10,20,29H,11-18H2,1-3H3. The Kier molecular flexibility index (Phi) is 5.37. The summed E-state index contributed by atoms with van der Waals surface area (Å²) in [4.78, 5) is 0. The normalized spacial score (nSPS) is 33.5. The van der Waals surface area contributed by atoms with Crippen LogP contribution in [0.25, 0.3) is 0 Å². The smallest absolute Gasteiger partial charge is 0.162 e. The number of methoxy groups -OCH3 is 1. The highest BCUT2D eigenvalue weighted by Gasteiger charge is 2.59. The molecule has 0 aromatic heterocycles. The second-order valence-electron chi connectivity index (χ2n) is 11.1. The summed E-state index contributed by atoms with van der Waals surface area (Å²) in [5.41, 5.74) is 3.71. The van der Waals surface area contributed by atoms with Gasteiger partial charge in [-0.25, -0.2) is 0 Å². The number of ether oxygens (including phenoxy) is 2. The molecule has 1 N–H and O–H groups in total. The van der Waals surface area contributed by atoms with E-state index < -0.39 is 0 Å². The highest BCUT2D eigenvalue weighted by molar-refractivity contribution is 9.10. The summed E-state index contributed by atoms with van der Waals surface area (Å²) >= 11 is 3.79. The Morgan fingerprint density at radius 2 is 1.68 bits per heavy atom. The largest absolute Gasteiger partial charge is 0.493 e. The van der Waals surface area contributed by atoms with Crippen molar-refractivity contribution < 1.29 is 9.47 Å². The minimum absolute atomic E-state index is 0.290. The van der Waals surface area contributed by atoms with Crippen molar-refractivity contribution in [2.24, 2.45) is 16.7 Å². The first kappa shape index (κ1) is 21.3. The molecule has 4 heteroatoms. The third kappa shape index (κ3) is 4.26. The third-order valence-corrected chi connectivity index (χ3v) is 8.59. The topological polar surface area (TPSA) is 30.5 Å². The van der Waals surface area contributed by atoms with Gasteiger partial charge in [0.25, 0.3) is 0 Å². The summed E-state index contributed by atoms with van der Waals surface area (Å²) in [6.07, 6.45) is 8.24. The summed E-state index contributed by atoms with van der Waals surface area (Å²) in [6.45, 7) is 6.45. The molecule has 0 spiro atoms. The summed E-state index contributed by atoms with van der Waals surface area (Å²) in [5, 5.41) is 4.04. The average molecular weight is 484 g/mol. The van der Waals surface area contributed by atoms with E-state index in [1.165, 1.54) is 44.1 Å². The zero-order valence-corrected chi connectivity index (χ0v) is 20.6. The molecule has 0 aliphatic heterocycles. The van der Waals surface area contributed by atoms with Crippen LogP contribution in [0.4, 0.5) is 0 Å². The summed E-state index contributed by atoms with van der Waals surface area (Å²) in [5.74, 6) is 2.46. The number of benzene rings is 2. The molecular formula is C27H34BrNO2. The summed E-state index contributed by atoms with van der Waals surface area (Å²) in [7, 11) is 1.72. The van der Waals surface area contributed by atoms with Crippen LogP contribution in [0.5, 0.6) is 11.5 Å². The first-order valence-electron chi connectivity index (χ1n) is 11.6. The molecule has 4 bridgehead atoms. The number of halogens is 1. The third-order valence-electron chi connectivity index (χ3n) is 7.85. The Bertz CT molecular complexity index is 941. The molecule has 2 atom stereocenters. The van der Waals surface area contributed by atoms with Crippen LogP contribution in [0.1, 0.15) is 63.5 Å². The van der Waals surface area contributed by atoms with Crippen molar-refractivity contribution in [3.05, 3.63) is 58.1 Å². The van der Waals surface area contributed by atoms with Gasteiger partial charge in [-0.15, -0.1) is 0 Å². The molecule has 4 aliphatic carbocycles. The molecule has 3 nitrogen and oxygen atoms in total. The molecule has 2 aromatic carbocycles. The van der Waals surface area contributed by atoms with Crippen molar-refractivity contribution in [1.82, 2.24) is 5.32 Å². The zero-order chi connectivity index (χ0) is 21.7. The fourth-order valence-electron chi connectivity index (χ4n) is 7.65. The van der Waals surface area contributed by atoms with Gasteiger partial charge in [0.15, 0.2) is 11.5 Å². The van der Waals surface area contributed by atoms with Crippen LogP contribution in [0.3, 0.4) is 0 Å². The van der Waals surface area contributed by atoms with Gasteiger partial charge in [0.1, 0.15) is 6.61 Å². The minimum Gasteiger partial charge on any atom is -0.493 e. The van der Waals surface area contributed by atoms with Gasteiger partial charge >= 0.3 is 0 Å². The van der Waals surface area contributed by atoms with E-state index in [0.29, 0.717) is 17.4 Å². The Morgan fingerprint density at radius 1 is 0.968 bits per heavy atom. The maximum atomic E-state index is 6.08. The highest BCUT2D eigenvalue weighted by Crippen LogP contribution is 2.66. The van der Waals surface area contributed by atoms with Gasteiger partial charge in [-0.2, -0.15) is 0 Å². The zero-order valence-electron chi connectivity index (χ0n) is 19.0. The van der Waals surface area contributed by atoms with Crippen LogP contribution in [0.2, 0.25) is 0 Å². The molecular weight excluding hydrogens is 450 g/mol. The maximum absolute atomic E-state index is 6.08. The molecule has 0 radical (unpaired) electrons. The molecule has 4 fully saturated rings. The highest BCUT2D eigenvalue weighted by atomic mass is 79.9. The molecule has 2 aromatic rings. The van der Waals surface area contributed by atoms with E-state index in [1.54, 1.807) is 7.11 Å². The van der Waals surface area contributed by atoms with Crippen LogP contribution in [0.15, 0.2) is 46.9 Å². The van der Waals surface area contributed by atoms with Crippen LogP contribution >= 0.6 is 15.9 Å². The summed E-state index contributed by atoms with van der Waals surface area (Å²) in [6, 6.07) is 14.4. The molecule has 0 amide bonds. The molecule has 0 heterocycles. The Balaban J connectivity index is 1.31. The molecule has 4 aliphatic rings. The summed E-state index contributed by atoms with van der Waals surface area (Å²) < 4.78 is 12.8. The van der Waals surface area contributed by atoms with Crippen molar-refractivity contribution in [3.8, 4) is 11.5 Å². The van der Waals surface area contributed by atoms with Crippen molar-refractivity contribution in [3.63, 3.8) is 0 Å². The number of nitrogens with one attached hydrogen (secondary N) is 1. The second-order valence-corrected chi connectivity index (χ2v) is 12.0. The van der Waals surface area contributed by atoms with Gasteiger partial charge < -0.3 is 14.8 Å². The van der Waals surface area contributed by atoms with Gasteiger partial charge in [-0.3, -0.25) is 0 Å². The lowest BCUT2D eigenvalue weighted by Gasteiger charge is -2.65. The van der Waals surface area contributed by atoms with Crippen molar-refractivity contribution in [2.45, 2.75) is 71.1 Å². The van der Waals surface area contributed by atoms with E-state index in [4.69, 9.17) is 9.47 Å². The van der Waals surface area contributed by atoms with Gasteiger partial charge in [0, 0.05) is 16.6 Å². The molecule has 166 valence electrons. The maximum Gasteiger partial charge on any atom is 0.162 e. The lowest BCUT2D eigenvalue weighted by atomic mass is 9.43. The van der Waals surface area contributed by atoms with E-state index in [1.807, 2.05) is 18.2 Å². The van der Waals surface area contributed by atoms with Crippen LogP contribution < -0.4 is 14.8 Å². The Labute approximate surface area is 195 Å². The lowest BCUT2D eigenvalue weighted by Crippen LogP contribution is -2.63. The first-order chi connectivity index (χ1) is 14.8. The first-order valence-corrected chi connectivity index (χ1v) is 12.4. The predicted molar refractivity (Wildman–Crippen MR) is 128 cm³/mol. The van der Waals surface area contributed by atoms with Gasteiger partial charge in [-0.05, 0) is 78.5 Å². The van der Waals surface area contributed by atoms with Crippen LogP contribution in [-0.4, -0.2) is 12.6 Å². The van der Waals surface area contributed by atoms with E-state index in [2.05, 4.69) is 59.4 Å². The van der Waals surface area contributed by atoms with Gasteiger partial charge in [-0.1, -0.05) is 60.1 Å². The van der Waals surface area contributed by atoms with E-state index >= 15 is 0 Å². The van der Waals surface area contributed by atoms with Crippen molar-refractivity contribution >= 4 is 15.9 Å². The van der Waals surface area contributed by atoms with Crippen LogP contribution in [0, 0.1) is 16.7 Å². The van der Waals surface area contributed by atoms with Gasteiger partial charge in [0.2, 0.25) is 0 Å². The van der Waals surface area contributed by atoms with Crippen molar-refractivity contribution in [2.75, 3.05) is 7.11 Å². The fraction of sp³-hybridized carbons (Fsp3) is 0.556. The number of hydrogen-bond donors (Lipinski definition) is 1. The monoisotopic (exact) mass is 483 g/mol. The number of rotatable bonds is 7. The molecule has 2 unspecified atom stereocenters. The van der Waals surface area contributed by atoms with E-state index in [0.717, 1.165) is 34.0 Å². The number of hydrogen-bond acceptors (Lipinski definition) is 3. The van der Waals surface area contributed by atoms with E-state index in [9.17, 15) is 0 Å². The molecule has 4 saturated carbocycles. The van der Waals surface area contributed by atoms with E-state index in [-0.39, 0.29) is 5.54 Å². The Hall–Kier alpha value is -1.52. The average Bonchev–Trinajstić information content (AvgIpc) is 2.69. The molecule has 31 heavy (non-hydrogen) atoms.